The summed E-state index contributed by atoms with van der Waals surface area (Å²) in [6, 6.07) is 0.204. The van der Waals surface area contributed by atoms with E-state index in [0.29, 0.717) is 6.10 Å². The lowest BCUT2D eigenvalue weighted by Crippen LogP contribution is -2.33. The Hall–Kier alpha value is -0.940. The molecule has 0 aliphatic carbocycles. The van der Waals surface area contributed by atoms with E-state index in [1.54, 1.807) is 0 Å². The van der Waals surface area contributed by atoms with Crippen LogP contribution in [0.5, 0.6) is 0 Å². The highest BCUT2D eigenvalue weighted by atomic mass is 16.5. The van der Waals surface area contributed by atoms with Gasteiger partial charge in [0, 0.05) is 7.05 Å². The Morgan fingerprint density at radius 2 is 2.44 bits per heavy atom. The zero-order chi connectivity index (χ0) is 11.5. The number of nitrogens with one attached hydrogen (secondary N) is 1. The smallest absolute Gasteiger partial charge is 0.0790 e. The van der Waals surface area contributed by atoms with Gasteiger partial charge in [-0.3, -0.25) is 4.68 Å². The summed E-state index contributed by atoms with van der Waals surface area (Å²) in [6.45, 7) is 5.16. The first-order valence-electron chi connectivity index (χ1n) is 5.95. The quantitative estimate of drug-likeness (QED) is 0.830. The largest absolute Gasteiger partial charge is 0.373 e. The van der Waals surface area contributed by atoms with Crippen LogP contribution in [0, 0.1) is 0 Å². The van der Waals surface area contributed by atoms with Crippen molar-refractivity contribution in [1.29, 1.82) is 0 Å². The van der Waals surface area contributed by atoms with Crippen molar-refractivity contribution in [2.75, 3.05) is 6.54 Å². The number of aryl methyl sites for hydroxylation is 1. The molecule has 0 amide bonds. The van der Waals surface area contributed by atoms with Crippen molar-refractivity contribution in [1.82, 2.24) is 20.3 Å². The van der Waals surface area contributed by atoms with Gasteiger partial charge in [-0.1, -0.05) is 12.1 Å². The highest BCUT2D eigenvalue weighted by Gasteiger charge is 2.31. The van der Waals surface area contributed by atoms with Gasteiger partial charge < -0.3 is 10.1 Å². The van der Waals surface area contributed by atoms with Crippen molar-refractivity contribution in [2.45, 2.75) is 44.9 Å². The van der Waals surface area contributed by atoms with Crippen LogP contribution in [-0.2, 0) is 11.8 Å². The number of likely N-dealkylation sites (N-methyl/N-ethyl adjacent to an activating group) is 1. The first kappa shape index (κ1) is 11.5. The minimum atomic E-state index is 0.204. The van der Waals surface area contributed by atoms with Gasteiger partial charge in [0.2, 0.25) is 0 Å². The SMILES string of the molecule is CCNC(c1cnnn1C)C1CCC(C)O1. The van der Waals surface area contributed by atoms with Crippen LogP contribution in [0.25, 0.3) is 0 Å². The van der Waals surface area contributed by atoms with Crippen molar-refractivity contribution in [3.63, 3.8) is 0 Å². The van der Waals surface area contributed by atoms with Gasteiger partial charge in [-0.25, -0.2) is 0 Å². The fourth-order valence-corrected chi connectivity index (χ4v) is 2.30. The van der Waals surface area contributed by atoms with E-state index in [0.717, 1.165) is 25.1 Å². The predicted octanol–water partition coefficient (Wildman–Crippen LogP) is 1.03. The second-order valence-corrected chi connectivity index (χ2v) is 4.38. The molecular weight excluding hydrogens is 204 g/mol. The molecule has 0 aromatic carbocycles. The highest BCUT2D eigenvalue weighted by molar-refractivity contribution is 5.05. The molecule has 1 aromatic rings. The van der Waals surface area contributed by atoms with Crippen LogP contribution in [0.1, 0.15) is 38.4 Å². The maximum atomic E-state index is 5.92. The Bertz CT molecular complexity index is 338. The molecule has 16 heavy (non-hydrogen) atoms. The minimum Gasteiger partial charge on any atom is -0.373 e. The molecule has 0 bridgehead atoms. The number of aromatic nitrogens is 3. The van der Waals surface area contributed by atoms with Crippen LogP contribution >= 0.6 is 0 Å². The molecule has 1 N–H and O–H groups in total. The normalized spacial score (nSPS) is 27.2. The predicted molar refractivity (Wildman–Crippen MR) is 61.0 cm³/mol. The van der Waals surface area contributed by atoms with Crippen LogP contribution in [0.2, 0.25) is 0 Å². The summed E-state index contributed by atoms with van der Waals surface area (Å²) in [5.74, 6) is 0. The maximum Gasteiger partial charge on any atom is 0.0790 e. The third-order valence-corrected chi connectivity index (χ3v) is 3.13. The van der Waals surface area contributed by atoms with Crippen molar-refractivity contribution < 1.29 is 4.74 Å². The Labute approximate surface area is 96.2 Å². The van der Waals surface area contributed by atoms with E-state index < -0.39 is 0 Å². The second kappa shape index (κ2) is 4.93. The number of hydrogen-bond acceptors (Lipinski definition) is 4. The van der Waals surface area contributed by atoms with Gasteiger partial charge in [0.05, 0.1) is 30.1 Å². The molecule has 1 saturated heterocycles. The van der Waals surface area contributed by atoms with E-state index in [2.05, 4.69) is 29.5 Å². The van der Waals surface area contributed by atoms with Crippen LogP contribution in [0.4, 0.5) is 0 Å². The fraction of sp³-hybridized carbons (Fsp3) is 0.818. The Morgan fingerprint density at radius 1 is 1.62 bits per heavy atom. The summed E-state index contributed by atoms with van der Waals surface area (Å²) in [4.78, 5) is 0. The van der Waals surface area contributed by atoms with Crippen LogP contribution in [0.3, 0.4) is 0 Å². The van der Waals surface area contributed by atoms with Gasteiger partial charge in [-0.2, -0.15) is 0 Å². The van der Waals surface area contributed by atoms with E-state index in [9.17, 15) is 0 Å². The van der Waals surface area contributed by atoms with Gasteiger partial charge in [-0.15, -0.1) is 5.10 Å². The zero-order valence-corrected chi connectivity index (χ0v) is 10.2. The van der Waals surface area contributed by atoms with Crippen molar-refractivity contribution in [2.24, 2.45) is 7.05 Å². The van der Waals surface area contributed by atoms with Crippen molar-refractivity contribution in [3.05, 3.63) is 11.9 Å². The zero-order valence-electron chi connectivity index (χ0n) is 10.2. The van der Waals surface area contributed by atoms with Gasteiger partial charge in [0.1, 0.15) is 0 Å². The average molecular weight is 224 g/mol. The summed E-state index contributed by atoms with van der Waals surface area (Å²) < 4.78 is 7.74. The first-order valence-corrected chi connectivity index (χ1v) is 5.95. The van der Waals surface area contributed by atoms with E-state index in [1.807, 2.05) is 17.9 Å². The van der Waals surface area contributed by atoms with E-state index >= 15 is 0 Å². The summed E-state index contributed by atoms with van der Waals surface area (Å²) in [5, 5.41) is 11.4. The molecule has 1 aliphatic heterocycles. The molecule has 0 radical (unpaired) electrons. The Kier molecular flexibility index (Phi) is 3.56. The highest BCUT2D eigenvalue weighted by Crippen LogP contribution is 2.29. The van der Waals surface area contributed by atoms with E-state index in [-0.39, 0.29) is 12.1 Å². The van der Waals surface area contributed by atoms with Gasteiger partial charge in [-0.05, 0) is 26.3 Å². The minimum absolute atomic E-state index is 0.204. The van der Waals surface area contributed by atoms with Crippen LogP contribution in [-0.4, -0.2) is 33.7 Å². The number of nitrogens with zero attached hydrogens (tertiary/aromatic N) is 3. The monoisotopic (exact) mass is 224 g/mol. The lowest BCUT2D eigenvalue weighted by atomic mass is 10.0. The fourth-order valence-electron chi connectivity index (χ4n) is 2.30. The number of rotatable bonds is 4. The molecule has 90 valence electrons. The molecule has 1 fully saturated rings. The third kappa shape index (κ3) is 2.25. The molecule has 5 nitrogen and oxygen atoms in total. The van der Waals surface area contributed by atoms with Gasteiger partial charge >= 0.3 is 0 Å². The van der Waals surface area contributed by atoms with Gasteiger partial charge in [0.25, 0.3) is 0 Å². The summed E-state index contributed by atoms with van der Waals surface area (Å²) in [5.41, 5.74) is 1.10. The van der Waals surface area contributed by atoms with E-state index in [4.69, 9.17) is 4.74 Å². The summed E-state index contributed by atoms with van der Waals surface area (Å²) in [7, 11) is 1.92. The third-order valence-electron chi connectivity index (χ3n) is 3.13. The Morgan fingerprint density at radius 3 is 2.94 bits per heavy atom. The number of ether oxygens (including phenoxy) is 1. The number of hydrogen-bond donors (Lipinski definition) is 1. The first-order chi connectivity index (χ1) is 7.72. The molecule has 2 heterocycles. The molecular formula is C11H20N4O. The molecule has 2 rings (SSSR count). The van der Waals surface area contributed by atoms with Gasteiger partial charge in [0.15, 0.2) is 0 Å². The van der Waals surface area contributed by atoms with Crippen LogP contribution in [0.15, 0.2) is 6.20 Å². The lowest BCUT2D eigenvalue weighted by molar-refractivity contribution is 0.0302. The van der Waals surface area contributed by atoms with E-state index in [1.165, 1.54) is 0 Å². The van der Waals surface area contributed by atoms with Crippen LogP contribution < -0.4 is 5.32 Å². The molecule has 1 aliphatic rings. The lowest BCUT2D eigenvalue weighted by Gasteiger charge is -2.24. The topological polar surface area (TPSA) is 52.0 Å². The van der Waals surface area contributed by atoms with Crippen molar-refractivity contribution in [3.8, 4) is 0 Å². The molecule has 3 unspecified atom stereocenters. The van der Waals surface area contributed by atoms with Crippen molar-refractivity contribution >= 4 is 0 Å². The molecule has 3 atom stereocenters. The average Bonchev–Trinajstić information content (AvgIpc) is 2.84. The summed E-state index contributed by atoms with van der Waals surface area (Å²) in [6.07, 6.45) is 4.67. The second-order valence-electron chi connectivity index (χ2n) is 4.38. The molecule has 5 heteroatoms. The maximum absolute atomic E-state index is 5.92. The Balaban J connectivity index is 2.14. The molecule has 1 aromatic heterocycles. The summed E-state index contributed by atoms with van der Waals surface area (Å²) >= 11 is 0. The standard InChI is InChI=1S/C11H20N4O/c1-4-12-11(9-7-13-14-15(9)3)10-6-5-8(2)16-10/h7-8,10-12H,4-6H2,1-3H3. The molecule has 0 saturated carbocycles. The molecule has 0 spiro atoms.